The first-order valence-electron chi connectivity index (χ1n) is 11.6. The van der Waals surface area contributed by atoms with Crippen molar-refractivity contribution in [1.29, 1.82) is 0 Å². The summed E-state index contributed by atoms with van der Waals surface area (Å²) in [5, 5.41) is 27.9. The first-order chi connectivity index (χ1) is 16.0. The van der Waals surface area contributed by atoms with Crippen molar-refractivity contribution in [2.24, 2.45) is 0 Å². The average Bonchev–Trinajstić information content (AvgIpc) is 3.56. The predicted molar refractivity (Wildman–Crippen MR) is 122 cm³/mol. The number of hydrogen-bond acceptors (Lipinski definition) is 11. The maximum absolute atomic E-state index is 6.33. The van der Waals surface area contributed by atoms with Crippen LogP contribution in [0.1, 0.15) is 71.2 Å². The Labute approximate surface area is 196 Å². The second kappa shape index (κ2) is 9.11. The molecule has 3 aromatic rings. The van der Waals surface area contributed by atoms with E-state index in [4.69, 9.17) is 19.4 Å². The van der Waals surface area contributed by atoms with Gasteiger partial charge >= 0.3 is 0 Å². The molecule has 33 heavy (non-hydrogen) atoms. The van der Waals surface area contributed by atoms with Crippen LogP contribution in [0.15, 0.2) is 5.16 Å². The summed E-state index contributed by atoms with van der Waals surface area (Å²) in [4.78, 5) is 9.58. The monoisotopic (exact) mass is 474 g/mol. The fraction of sp³-hybridized carbons (Fsp3) is 0.750. The van der Waals surface area contributed by atoms with Crippen molar-refractivity contribution in [3.8, 4) is 0 Å². The highest BCUT2D eigenvalue weighted by Gasteiger charge is 2.56. The highest BCUT2D eigenvalue weighted by Crippen LogP contribution is 2.50. The van der Waals surface area contributed by atoms with E-state index in [0.717, 1.165) is 42.5 Å². The van der Waals surface area contributed by atoms with E-state index < -0.39 is 5.79 Å². The van der Waals surface area contributed by atoms with Crippen molar-refractivity contribution in [2.75, 3.05) is 17.6 Å². The molecule has 1 aliphatic heterocycles. The van der Waals surface area contributed by atoms with Gasteiger partial charge in [-0.3, -0.25) is 0 Å². The highest BCUT2D eigenvalue weighted by atomic mass is 32.2. The van der Waals surface area contributed by atoms with Gasteiger partial charge in [0.2, 0.25) is 0 Å². The molecular weight excluding hydrogens is 444 g/mol. The molecule has 2 fully saturated rings. The molecule has 1 saturated heterocycles. The summed E-state index contributed by atoms with van der Waals surface area (Å²) < 4.78 is 14.5. The zero-order valence-electron chi connectivity index (χ0n) is 19.4. The Kier molecular flexibility index (Phi) is 6.18. The number of aromatic amines is 1. The predicted octanol–water partition coefficient (Wildman–Crippen LogP) is 2.70. The summed E-state index contributed by atoms with van der Waals surface area (Å²) in [7, 11) is 0. The molecule has 0 bridgehead atoms. The molecule has 2 aliphatic rings. The SMILES string of the molecule is CCCCNc1nc(SCCC)nc2c1nnn2[C@@H]1C[C@H](c2nn[nH]n2)[C@H]2OC(C)(C)O[C@H]21. The molecule has 178 valence electrons. The minimum atomic E-state index is -0.712. The van der Waals surface area contributed by atoms with E-state index >= 15 is 0 Å². The Bertz CT molecular complexity index is 1090. The van der Waals surface area contributed by atoms with Crippen molar-refractivity contribution in [1.82, 2.24) is 45.6 Å². The topological polar surface area (TPSA) is 141 Å². The van der Waals surface area contributed by atoms with Crippen molar-refractivity contribution in [2.45, 2.75) is 88.5 Å². The zero-order valence-corrected chi connectivity index (χ0v) is 20.2. The van der Waals surface area contributed by atoms with Crippen LogP contribution in [0.5, 0.6) is 0 Å². The third-order valence-electron chi connectivity index (χ3n) is 6.00. The molecular formula is C20H30N10O2S. The Morgan fingerprint density at radius 1 is 1.15 bits per heavy atom. The van der Waals surface area contributed by atoms with E-state index in [1.54, 1.807) is 11.8 Å². The first kappa shape index (κ1) is 22.4. The minimum Gasteiger partial charge on any atom is -0.368 e. The number of rotatable bonds is 9. The number of ether oxygens (including phenoxy) is 2. The normalized spacial score (nSPS) is 26.2. The van der Waals surface area contributed by atoms with Gasteiger partial charge in [-0.05, 0) is 33.1 Å². The third-order valence-corrected chi connectivity index (χ3v) is 7.06. The molecule has 0 radical (unpaired) electrons. The molecule has 1 saturated carbocycles. The Morgan fingerprint density at radius 3 is 2.76 bits per heavy atom. The smallest absolute Gasteiger partial charge is 0.191 e. The van der Waals surface area contributed by atoms with Crippen LogP contribution in [-0.2, 0) is 9.47 Å². The molecule has 4 heterocycles. The van der Waals surface area contributed by atoms with Crippen LogP contribution >= 0.6 is 11.8 Å². The number of nitrogens with one attached hydrogen (secondary N) is 2. The maximum Gasteiger partial charge on any atom is 0.191 e. The molecule has 12 nitrogen and oxygen atoms in total. The molecule has 0 amide bonds. The van der Waals surface area contributed by atoms with Gasteiger partial charge in [-0.25, -0.2) is 14.6 Å². The van der Waals surface area contributed by atoms with Crippen molar-refractivity contribution < 1.29 is 9.47 Å². The minimum absolute atomic E-state index is 0.0716. The summed E-state index contributed by atoms with van der Waals surface area (Å²) in [5.74, 6) is 1.51. The highest BCUT2D eigenvalue weighted by molar-refractivity contribution is 7.99. The Hall–Kier alpha value is -2.38. The van der Waals surface area contributed by atoms with Gasteiger partial charge in [0.25, 0.3) is 0 Å². The lowest BCUT2D eigenvalue weighted by Gasteiger charge is -2.22. The van der Waals surface area contributed by atoms with Crippen molar-refractivity contribution in [3.05, 3.63) is 5.82 Å². The van der Waals surface area contributed by atoms with Gasteiger partial charge in [0.1, 0.15) is 6.10 Å². The van der Waals surface area contributed by atoms with Crippen LogP contribution in [0.4, 0.5) is 5.82 Å². The fourth-order valence-corrected chi connectivity index (χ4v) is 5.26. The zero-order chi connectivity index (χ0) is 23.0. The number of hydrogen-bond donors (Lipinski definition) is 2. The number of fused-ring (bicyclic) bond motifs is 2. The van der Waals surface area contributed by atoms with Crippen LogP contribution < -0.4 is 5.32 Å². The second-order valence-electron chi connectivity index (χ2n) is 8.93. The third kappa shape index (κ3) is 4.28. The standard InChI is InChI=1S/C20H30N10O2S/c1-5-7-8-21-17-13-18(23-19(22-17)33-9-6-2)30(29-24-13)12-10-11(16-25-27-28-26-16)14-15(12)32-20(3,4)31-14/h11-12,14-15H,5-10H2,1-4H3,(H,21,22,23)(H,25,26,27,28)/t11-,12+,14+,15-/m0/s1. The van der Waals surface area contributed by atoms with Gasteiger partial charge in [0.05, 0.1) is 18.1 Å². The number of tetrazole rings is 1. The van der Waals surface area contributed by atoms with E-state index in [-0.39, 0.29) is 24.2 Å². The molecule has 0 spiro atoms. The van der Waals surface area contributed by atoms with Crippen LogP contribution in [0.2, 0.25) is 0 Å². The summed E-state index contributed by atoms with van der Waals surface area (Å²) in [5.41, 5.74) is 1.37. The van der Waals surface area contributed by atoms with Gasteiger partial charge in [-0.1, -0.05) is 42.5 Å². The number of nitrogens with zero attached hydrogens (tertiary/aromatic N) is 8. The van der Waals surface area contributed by atoms with Crippen LogP contribution in [0.3, 0.4) is 0 Å². The summed E-state index contributed by atoms with van der Waals surface area (Å²) in [6.45, 7) is 8.98. The quantitative estimate of drug-likeness (QED) is 0.268. The van der Waals surface area contributed by atoms with Gasteiger partial charge in [-0.2, -0.15) is 5.21 Å². The molecule has 4 atom stereocenters. The Balaban J connectivity index is 1.53. The molecule has 3 aromatic heterocycles. The van der Waals surface area contributed by atoms with E-state index in [1.807, 2.05) is 18.5 Å². The average molecular weight is 475 g/mol. The van der Waals surface area contributed by atoms with E-state index in [0.29, 0.717) is 23.4 Å². The number of H-pyrrole nitrogens is 1. The first-order valence-corrected chi connectivity index (χ1v) is 12.6. The van der Waals surface area contributed by atoms with Crippen LogP contribution in [0.25, 0.3) is 11.2 Å². The largest absolute Gasteiger partial charge is 0.368 e. The van der Waals surface area contributed by atoms with Crippen LogP contribution in [-0.4, -0.2) is 75.9 Å². The second-order valence-corrected chi connectivity index (χ2v) is 10.00. The molecule has 0 aromatic carbocycles. The van der Waals surface area contributed by atoms with Gasteiger partial charge in [0, 0.05) is 12.3 Å². The number of thioether (sulfide) groups is 1. The fourth-order valence-electron chi connectivity index (χ4n) is 4.57. The molecule has 5 rings (SSSR count). The summed E-state index contributed by atoms with van der Waals surface area (Å²) in [6.07, 6.45) is 3.44. The van der Waals surface area contributed by atoms with Crippen molar-refractivity contribution in [3.63, 3.8) is 0 Å². The lowest BCUT2D eigenvalue weighted by atomic mass is 10.1. The van der Waals surface area contributed by atoms with E-state index in [2.05, 4.69) is 50.1 Å². The van der Waals surface area contributed by atoms with Crippen molar-refractivity contribution >= 4 is 28.7 Å². The lowest BCUT2D eigenvalue weighted by molar-refractivity contribution is -0.157. The number of aromatic nitrogens is 9. The molecule has 2 N–H and O–H groups in total. The molecule has 1 aliphatic carbocycles. The van der Waals surface area contributed by atoms with E-state index in [1.165, 1.54) is 0 Å². The van der Waals surface area contributed by atoms with E-state index in [9.17, 15) is 0 Å². The van der Waals surface area contributed by atoms with Gasteiger partial charge in [-0.15, -0.1) is 15.3 Å². The Morgan fingerprint density at radius 2 is 2.00 bits per heavy atom. The lowest BCUT2D eigenvalue weighted by Crippen LogP contribution is -2.28. The number of unbranched alkanes of at least 4 members (excludes halogenated alkanes) is 1. The molecule has 13 heteroatoms. The maximum atomic E-state index is 6.33. The summed E-state index contributed by atoms with van der Waals surface area (Å²) >= 11 is 1.64. The van der Waals surface area contributed by atoms with Crippen LogP contribution in [0, 0.1) is 0 Å². The summed E-state index contributed by atoms with van der Waals surface area (Å²) in [6, 6.07) is -0.132. The van der Waals surface area contributed by atoms with Gasteiger partial charge < -0.3 is 14.8 Å². The molecule has 0 unspecified atom stereocenters. The van der Waals surface area contributed by atoms with Gasteiger partial charge in [0.15, 0.2) is 33.7 Å². The number of anilines is 1.